The number of sulfonamides is 1. The number of ether oxygens (including phenoxy) is 1. The lowest BCUT2D eigenvalue weighted by atomic mass is 10.2. The van der Waals surface area contributed by atoms with E-state index >= 15 is 0 Å². The Balaban J connectivity index is 2.07. The van der Waals surface area contributed by atoms with Crippen molar-refractivity contribution >= 4 is 33.2 Å². The maximum atomic E-state index is 12.2. The first-order valence-electron chi connectivity index (χ1n) is 6.26. The maximum absolute atomic E-state index is 12.2. The van der Waals surface area contributed by atoms with E-state index in [1.54, 1.807) is 0 Å². The molecule has 2 aromatic rings. The molecule has 0 aliphatic rings. The van der Waals surface area contributed by atoms with E-state index in [-0.39, 0.29) is 22.2 Å². The number of hydrogen-bond acceptors (Lipinski definition) is 3. The minimum atomic E-state index is -3.83. The third-order valence-corrected chi connectivity index (χ3v) is 4.92. The van der Waals surface area contributed by atoms with Crippen LogP contribution in [0.5, 0.6) is 5.75 Å². The maximum Gasteiger partial charge on any atom is 0.387 e. The molecule has 0 unspecified atom stereocenters. The number of hydrogen-bond donors (Lipinski definition) is 1. The average Bonchev–Trinajstić information content (AvgIpc) is 2.45. The van der Waals surface area contributed by atoms with Crippen molar-refractivity contribution < 1.29 is 21.9 Å². The topological polar surface area (TPSA) is 55.4 Å². The minimum absolute atomic E-state index is 0.00526. The molecule has 0 aromatic heterocycles. The Morgan fingerprint density at radius 1 is 1.09 bits per heavy atom. The molecule has 4 nitrogen and oxygen atoms in total. The summed E-state index contributed by atoms with van der Waals surface area (Å²) in [6.07, 6.45) is 0. The van der Waals surface area contributed by atoms with Gasteiger partial charge in [0, 0.05) is 11.6 Å². The molecule has 2 rings (SSSR count). The van der Waals surface area contributed by atoms with Gasteiger partial charge in [-0.25, -0.2) is 13.1 Å². The SMILES string of the molecule is O=S(=O)(NCc1ccc(OC(F)F)cc1)c1ccc(Cl)cc1Cl. The Kier molecular flexibility index (Phi) is 5.80. The molecule has 0 saturated carbocycles. The lowest BCUT2D eigenvalue weighted by molar-refractivity contribution is -0.0498. The van der Waals surface area contributed by atoms with Gasteiger partial charge in [-0.1, -0.05) is 35.3 Å². The van der Waals surface area contributed by atoms with Crippen molar-refractivity contribution in [1.82, 2.24) is 4.72 Å². The van der Waals surface area contributed by atoms with E-state index in [1.807, 2.05) is 0 Å². The highest BCUT2D eigenvalue weighted by Gasteiger charge is 2.17. The van der Waals surface area contributed by atoms with Crippen molar-refractivity contribution in [2.75, 3.05) is 0 Å². The molecule has 2 aromatic carbocycles. The van der Waals surface area contributed by atoms with Crippen molar-refractivity contribution in [2.24, 2.45) is 0 Å². The first-order valence-corrected chi connectivity index (χ1v) is 8.50. The van der Waals surface area contributed by atoms with Gasteiger partial charge in [0.2, 0.25) is 10.0 Å². The van der Waals surface area contributed by atoms with Crippen molar-refractivity contribution in [3.8, 4) is 5.75 Å². The summed E-state index contributed by atoms with van der Waals surface area (Å²) in [5, 5.41) is 0.328. The Morgan fingerprint density at radius 3 is 2.30 bits per heavy atom. The van der Waals surface area contributed by atoms with Crippen LogP contribution in [-0.4, -0.2) is 15.0 Å². The van der Waals surface area contributed by atoms with Gasteiger partial charge in [0.15, 0.2) is 0 Å². The summed E-state index contributed by atoms with van der Waals surface area (Å²) in [4.78, 5) is -0.0961. The molecule has 0 atom stereocenters. The predicted molar refractivity (Wildman–Crippen MR) is 83.6 cm³/mol. The van der Waals surface area contributed by atoms with Crippen LogP contribution in [0.3, 0.4) is 0 Å². The zero-order valence-corrected chi connectivity index (χ0v) is 13.8. The summed E-state index contributed by atoms with van der Waals surface area (Å²) in [7, 11) is -3.83. The van der Waals surface area contributed by atoms with Gasteiger partial charge in [-0.15, -0.1) is 0 Å². The van der Waals surface area contributed by atoms with Crippen molar-refractivity contribution in [3.63, 3.8) is 0 Å². The van der Waals surface area contributed by atoms with E-state index in [0.29, 0.717) is 10.6 Å². The smallest absolute Gasteiger partial charge is 0.387 e. The van der Waals surface area contributed by atoms with Gasteiger partial charge in [-0.3, -0.25) is 0 Å². The van der Waals surface area contributed by atoms with E-state index in [2.05, 4.69) is 9.46 Å². The Morgan fingerprint density at radius 2 is 1.74 bits per heavy atom. The van der Waals surface area contributed by atoms with Crippen LogP contribution in [-0.2, 0) is 16.6 Å². The Labute approximate surface area is 142 Å². The summed E-state index contributed by atoms with van der Waals surface area (Å²) >= 11 is 11.6. The first kappa shape index (κ1) is 17.9. The molecule has 0 saturated heterocycles. The number of rotatable bonds is 6. The second-order valence-corrected chi connectivity index (χ2v) is 7.00. The summed E-state index contributed by atoms with van der Waals surface area (Å²) < 4.78 is 55.0. The van der Waals surface area contributed by atoms with E-state index in [0.717, 1.165) is 0 Å². The number of benzene rings is 2. The number of alkyl halides is 2. The normalized spacial score (nSPS) is 11.7. The quantitative estimate of drug-likeness (QED) is 0.820. The molecule has 1 N–H and O–H groups in total. The third kappa shape index (κ3) is 5.04. The van der Waals surface area contributed by atoms with Crippen molar-refractivity contribution in [3.05, 3.63) is 58.1 Å². The third-order valence-electron chi connectivity index (χ3n) is 2.80. The summed E-state index contributed by atoms with van der Waals surface area (Å²) in [5.41, 5.74) is 0.570. The standard InChI is InChI=1S/C14H11Cl2F2NO3S/c15-10-3-6-13(12(16)7-10)23(20,21)19-8-9-1-4-11(5-2-9)22-14(17)18/h1-7,14,19H,8H2. The van der Waals surface area contributed by atoms with Crippen LogP contribution in [0.4, 0.5) is 8.78 Å². The molecule has 0 bridgehead atoms. The minimum Gasteiger partial charge on any atom is -0.435 e. The second-order valence-electron chi connectivity index (χ2n) is 4.42. The van der Waals surface area contributed by atoms with Crippen molar-refractivity contribution in [2.45, 2.75) is 18.1 Å². The molecule has 9 heteroatoms. The van der Waals surface area contributed by atoms with Crippen molar-refractivity contribution in [1.29, 1.82) is 0 Å². The van der Waals surface area contributed by atoms with E-state index in [1.165, 1.54) is 42.5 Å². The molecule has 0 fully saturated rings. The monoisotopic (exact) mass is 381 g/mol. The lowest BCUT2D eigenvalue weighted by Gasteiger charge is -2.09. The fourth-order valence-electron chi connectivity index (χ4n) is 1.74. The molecular formula is C14H11Cl2F2NO3S. The highest BCUT2D eigenvalue weighted by atomic mass is 35.5. The van der Waals surface area contributed by atoms with Crippen LogP contribution in [0.25, 0.3) is 0 Å². The molecule has 0 heterocycles. The van der Waals surface area contributed by atoms with Gasteiger partial charge < -0.3 is 4.74 Å². The van der Waals surface area contributed by atoms with Crippen LogP contribution in [0.1, 0.15) is 5.56 Å². The largest absolute Gasteiger partial charge is 0.435 e. The van der Waals surface area contributed by atoms with Crippen LogP contribution >= 0.6 is 23.2 Å². The van der Waals surface area contributed by atoms with E-state index < -0.39 is 16.6 Å². The molecule has 0 aliphatic carbocycles. The van der Waals surface area contributed by atoms with Gasteiger partial charge in [0.05, 0.1) is 5.02 Å². The fraction of sp³-hybridized carbons (Fsp3) is 0.143. The summed E-state index contributed by atoms with van der Waals surface area (Å²) in [5.74, 6) is -0.00708. The number of halogens is 4. The lowest BCUT2D eigenvalue weighted by Crippen LogP contribution is -2.23. The zero-order chi connectivity index (χ0) is 17.0. The zero-order valence-electron chi connectivity index (χ0n) is 11.5. The number of nitrogens with one attached hydrogen (secondary N) is 1. The molecular weight excluding hydrogens is 371 g/mol. The van der Waals surface area contributed by atoms with E-state index in [9.17, 15) is 17.2 Å². The van der Waals surface area contributed by atoms with Gasteiger partial charge in [-0.05, 0) is 35.9 Å². The molecule has 23 heavy (non-hydrogen) atoms. The molecule has 0 spiro atoms. The van der Waals surface area contributed by atoms with Gasteiger partial charge in [0.25, 0.3) is 0 Å². The second kappa shape index (κ2) is 7.44. The first-order chi connectivity index (χ1) is 10.8. The Hall–Kier alpha value is -1.41. The summed E-state index contributed by atoms with van der Waals surface area (Å²) in [6.45, 7) is -2.94. The van der Waals surface area contributed by atoms with Crippen LogP contribution in [0.15, 0.2) is 47.4 Å². The predicted octanol–water partition coefficient (Wildman–Crippen LogP) is 4.07. The van der Waals surface area contributed by atoms with Crippen LogP contribution < -0.4 is 9.46 Å². The summed E-state index contributed by atoms with van der Waals surface area (Å²) in [6, 6.07) is 9.64. The molecule has 124 valence electrons. The van der Waals surface area contributed by atoms with E-state index in [4.69, 9.17) is 23.2 Å². The molecule has 0 aliphatic heterocycles. The van der Waals surface area contributed by atoms with Crippen LogP contribution in [0, 0.1) is 0 Å². The van der Waals surface area contributed by atoms with Gasteiger partial charge in [0.1, 0.15) is 10.6 Å². The Bertz CT molecular complexity index is 783. The average molecular weight is 382 g/mol. The van der Waals surface area contributed by atoms with Gasteiger partial charge in [-0.2, -0.15) is 8.78 Å². The van der Waals surface area contributed by atoms with Crippen LogP contribution in [0.2, 0.25) is 10.0 Å². The molecule has 0 radical (unpaired) electrons. The van der Waals surface area contributed by atoms with Gasteiger partial charge >= 0.3 is 6.61 Å². The highest BCUT2D eigenvalue weighted by Crippen LogP contribution is 2.25. The fourth-order valence-corrected chi connectivity index (χ4v) is 3.53. The highest BCUT2D eigenvalue weighted by molar-refractivity contribution is 7.89. The molecule has 0 amide bonds.